The maximum absolute atomic E-state index is 12.6. The maximum Gasteiger partial charge on any atom is 0.285 e. The second-order valence-electron chi connectivity index (χ2n) is 8.41. The summed E-state index contributed by atoms with van der Waals surface area (Å²) in [5, 5.41) is 11.8. The maximum atomic E-state index is 12.6. The van der Waals surface area contributed by atoms with E-state index in [-0.39, 0.29) is 22.0 Å². The summed E-state index contributed by atoms with van der Waals surface area (Å²) in [6.45, 7) is 6.41. The summed E-state index contributed by atoms with van der Waals surface area (Å²) in [7, 11) is -4.18. The van der Waals surface area contributed by atoms with Crippen molar-refractivity contribution in [1.29, 1.82) is 0 Å². The summed E-state index contributed by atoms with van der Waals surface area (Å²) in [6, 6.07) is 18.8. The molecule has 0 unspecified atom stereocenters. The van der Waals surface area contributed by atoms with Crippen LogP contribution in [0.3, 0.4) is 0 Å². The summed E-state index contributed by atoms with van der Waals surface area (Å²) >= 11 is 3.53. The first kappa shape index (κ1) is 27.3. The van der Waals surface area contributed by atoms with E-state index < -0.39 is 15.9 Å². The zero-order chi connectivity index (χ0) is 27.3. The predicted molar refractivity (Wildman–Crippen MR) is 144 cm³/mol. The molecule has 1 N–H and O–H groups in total. The van der Waals surface area contributed by atoms with Gasteiger partial charge in [0.2, 0.25) is 0 Å². The van der Waals surface area contributed by atoms with Crippen LogP contribution in [-0.2, 0) is 23.2 Å². The first-order valence-electron chi connectivity index (χ1n) is 11.7. The zero-order valence-electron chi connectivity index (χ0n) is 21.0. The Bertz CT molecular complexity index is 1510. The molecule has 4 rings (SSSR count). The third-order valence-corrected chi connectivity index (χ3v) is 7.74. The molecule has 0 fully saturated rings. The van der Waals surface area contributed by atoms with E-state index in [2.05, 4.69) is 31.3 Å². The third-order valence-electron chi connectivity index (χ3n) is 5.67. The van der Waals surface area contributed by atoms with Crippen molar-refractivity contribution in [3.63, 3.8) is 0 Å². The van der Waals surface area contributed by atoms with Crippen LogP contribution in [-0.4, -0.2) is 36.2 Å². The minimum absolute atomic E-state index is 0.0856. The molecule has 10 nitrogen and oxygen atoms in total. The van der Waals surface area contributed by atoms with Gasteiger partial charge in [0.25, 0.3) is 15.9 Å². The predicted octanol–water partition coefficient (Wildman–Crippen LogP) is 4.57. The van der Waals surface area contributed by atoms with Crippen LogP contribution >= 0.6 is 15.9 Å². The van der Waals surface area contributed by atoms with Gasteiger partial charge in [-0.25, -0.2) is 13.1 Å². The van der Waals surface area contributed by atoms with Gasteiger partial charge in [0.15, 0.2) is 22.2 Å². The van der Waals surface area contributed by atoms with Crippen LogP contribution in [0.15, 0.2) is 74.6 Å². The van der Waals surface area contributed by atoms with Gasteiger partial charge in [-0.1, -0.05) is 51.4 Å². The smallest absolute Gasteiger partial charge is 0.285 e. The summed E-state index contributed by atoms with van der Waals surface area (Å²) in [6.07, 6.45) is 0. The number of rotatable bonds is 10. The van der Waals surface area contributed by atoms with Crippen molar-refractivity contribution in [2.45, 2.75) is 38.8 Å². The van der Waals surface area contributed by atoms with Crippen molar-refractivity contribution in [2.24, 2.45) is 0 Å². The number of hydrogen-bond acceptors (Lipinski definition) is 9. The van der Waals surface area contributed by atoms with E-state index in [0.717, 1.165) is 21.3 Å². The van der Waals surface area contributed by atoms with Gasteiger partial charge in [-0.3, -0.25) is 4.79 Å². The van der Waals surface area contributed by atoms with E-state index in [1.165, 1.54) is 19.9 Å². The van der Waals surface area contributed by atoms with Crippen LogP contribution in [0.25, 0.3) is 0 Å². The van der Waals surface area contributed by atoms with Crippen LogP contribution < -0.4 is 14.4 Å². The van der Waals surface area contributed by atoms with Crippen LogP contribution in [0.2, 0.25) is 0 Å². The number of aryl methyl sites for hydroxylation is 2. The highest BCUT2D eigenvalue weighted by molar-refractivity contribution is 9.10. The molecular formula is C26H26BrN5O5S. The van der Waals surface area contributed by atoms with Gasteiger partial charge >= 0.3 is 0 Å². The van der Waals surface area contributed by atoms with Gasteiger partial charge in [0.1, 0.15) is 18.1 Å². The number of nitrogens with zero attached hydrogens (tertiary/aromatic N) is 4. The fraction of sp³-hybridized carbons (Fsp3) is 0.231. The molecule has 1 amide bonds. The topological polar surface area (TPSA) is 128 Å². The van der Waals surface area contributed by atoms with Gasteiger partial charge in [0.05, 0.1) is 0 Å². The number of carbonyl (C=O) groups excluding carboxylic acids is 1. The number of benzene rings is 2. The van der Waals surface area contributed by atoms with E-state index >= 15 is 0 Å². The van der Waals surface area contributed by atoms with E-state index in [1.807, 2.05) is 65.1 Å². The lowest BCUT2D eigenvalue weighted by Gasteiger charge is -2.23. The summed E-state index contributed by atoms with van der Waals surface area (Å²) in [4.78, 5) is 14.4. The number of aromatic nitrogens is 3. The van der Waals surface area contributed by atoms with Gasteiger partial charge in [0, 0.05) is 23.1 Å². The highest BCUT2D eigenvalue weighted by atomic mass is 79.9. The molecule has 0 aliphatic rings. The number of sulfonamides is 1. The molecule has 38 heavy (non-hydrogen) atoms. The standard InChI is InChI=1S/C26H26BrN5O5S/c1-4-32(15-20-14-21(27)10-12-23(20)36-16-19-8-6-5-7-9-19)24-13-11-22(28-29-24)26(33)31-38(34,35)25-17(2)30-37-18(25)3/h5-14H,4,15-16H2,1-3H3,(H,31,33). The fourth-order valence-electron chi connectivity index (χ4n) is 3.81. The Morgan fingerprint density at radius 1 is 1.08 bits per heavy atom. The third kappa shape index (κ3) is 6.37. The van der Waals surface area contributed by atoms with Gasteiger partial charge in [-0.05, 0) is 56.7 Å². The molecule has 0 bridgehead atoms. The first-order valence-corrected chi connectivity index (χ1v) is 14.0. The Morgan fingerprint density at radius 3 is 2.47 bits per heavy atom. The average Bonchev–Trinajstić information content (AvgIpc) is 3.25. The van der Waals surface area contributed by atoms with Crippen molar-refractivity contribution in [3.05, 3.63) is 93.4 Å². The van der Waals surface area contributed by atoms with E-state index in [0.29, 0.717) is 25.5 Å². The Labute approximate surface area is 229 Å². The van der Waals surface area contributed by atoms with Gasteiger partial charge < -0.3 is 14.2 Å². The molecule has 2 aromatic heterocycles. The van der Waals surface area contributed by atoms with Gasteiger partial charge in [-0.2, -0.15) is 0 Å². The monoisotopic (exact) mass is 599 g/mol. The fourth-order valence-corrected chi connectivity index (χ4v) is 5.51. The van der Waals surface area contributed by atoms with Crippen LogP contribution in [0, 0.1) is 13.8 Å². The number of nitrogens with one attached hydrogen (secondary N) is 1. The number of halogens is 1. The Hall–Kier alpha value is -3.77. The van der Waals surface area contributed by atoms with Crippen molar-refractivity contribution in [2.75, 3.05) is 11.4 Å². The van der Waals surface area contributed by atoms with Crippen molar-refractivity contribution >= 4 is 37.7 Å². The Morgan fingerprint density at radius 2 is 1.84 bits per heavy atom. The lowest BCUT2D eigenvalue weighted by molar-refractivity contribution is 0.0975. The molecule has 0 aliphatic heterocycles. The molecule has 12 heteroatoms. The Balaban J connectivity index is 1.48. The van der Waals surface area contributed by atoms with Gasteiger partial charge in [-0.15, -0.1) is 10.2 Å². The van der Waals surface area contributed by atoms with E-state index in [9.17, 15) is 13.2 Å². The Kier molecular flexibility index (Phi) is 8.42. The lowest BCUT2D eigenvalue weighted by Crippen LogP contribution is -2.32. The molecule has 0 saturated heterocycles. The number of hydrogen-bond donors (Lipinski definition) is 1. The number of amides is 1. The largest absolute Gasteiger partial charge is 0.489 e. The molecule has 0 saturated carbocycles. The second-order valence-corrected chi connectivity index (χ2v) is 10.9. The second kappa shape index (κ2) is 11.7. The molecule has 198 valence electrons. The minimum Gasteiger partial charge on any atom is -0.489 e. The number of ether oxygens (including phenoxy) is 1. The minimum atomic E-state index is -4.18. The molecule has 0 spiro atoms. The highest BCUT2D eigenvalue weighted by Gasteiger charge is 2.27. The van der Waals surface area contributed by atoms with Crippen LogP contribution in [0.4, 0.5) is 5.82 Å². The van der Waals surface area contributed by atoms with Crippen molar-refractivity contribution < 1.29 is 22.5 Å². The number of carbonyl (C=O) groups is 1. The molecule has 2 heterocycles. The lowest BCUT2D eigenvalue weighted by atomic mass is 10.1. The SMILES string of the molecule is CCN(Cc1cc(Br)ccc1OCc1ccccc1)c1ccc(C(=O)NS(=O)(=O)c2c(C)noc2C)nn1. The highest BCUT2D eigenvalue weighted by Crippen LogP contribution is 2.27. The molecule has 4 aromatic rings. The molecule has 2 aromatic carbocycles. The van der Waals surface area contributed by atoms with Crippen molar-refractivity contribution in [3.8, 4) is 5.75 Å². The summed E-state index contributed by atoms with van der Waals surface area (Å²) < 4.78 is 39.2. The van der Waals surface area contributed by atoms with Crippen LogP contribution in [0.1, 0.15) is 40.0 Å². The molecular weight excluding hydrogens is 574 g/mol. The normalized spacial score (nSPS) is 11.3. The first-order chi connectivity index (χ1) is 18.2. The number of anilines is 1. The van der Waals surface area contributed by atoms with Crippen LogP contribution in [0.5, 0.6) is 5.75 Å². The molecule has 0 atom stereocenters. The van der Waals surface area contributed by atoms with Crippen molar-refractivity contribution in [1.82, 2.24) is 20.1 Å². The summed E-state index contributed by atoms with van der Waals surface area (Å²) in [5.74, 6) is 0.439. The van der Waals surface area contributed by atoms with E-state index in [1.54, 1.807) is 6.07 Å². The summed E-state index contributed by atoms with van der Waals surface area (Å²) in [5.41, 5.74) is 2.01. The zero-order valence-corrected chi connectivity index (χ0v) is 23.4. The molecule has 0 aliphatic carbocycles. The average molecular weight is 600 g/mol. The van der Waals surface area contributed by atoms with E-state index in [4.69, 9.17) is 9.26 Å². The molecule has 0 radical (unpaired) electrons. The quantitative estimate of drug-likeness (QED) is 0.279.